The fourth-order valence-electron chi connectivity index (χ4n) is 2.75. The molecule has 0 atom stereocenters. The lowest BCUT2D eigenvalue weighted by atomic mass is 9.95. The quantitative estimate of drug-likeness (QED) is 0.788. The van der Waals surface area contributed by atoms with Crippen molar-refractivity contribution in [3.05, 3.63) is 59.4 Å². The zero-order valence-electron chi connectivity index (χ0n) is 12.0. The molecule has 1 aliphatic heterocycles. The minimum Gasteiger partial charge on any atom is -0.284 e. The molecule has 0 spiro atoms. The molecular weight excluding hydrogens is 274 g/mol. The van der Waals surface area contributed by atoms with Gasteiger partial charge >= 0.3 is 0 Å². The second kappa shape index (κ2) is 5.52. The number of hydrogen-bond donors (Lipinski definition) is 1. The van der Waals surface area contributed by atoms with E-state index in [1.807, 2.05) is 24.4 Å². The normalized spacial score (nSPS) is 16.9. The lowest BCUT2D eigenvalue weighted by molar-refractivity contribution is 0.818. The van der Waals surface area contributed by atoms with Gasteiger partial charge < -0.3 is 0 Å². The van der Waals surface area contributed by atoms with Crippen LogP contribution in [0.1, 0.15) is 24.0 Å². The molecule has 0 bridgehead atoms. The highest BCUT2D eigenvalue weighted by molar-refractivity contribution is 6.15. The zero-order chi connectivity index (χ0) is 14.8. The lowest BCUT2D eigenvalue weighted by Crippen LogP contribution is -2.11. The molecule has 0 saturated heterocycles. The van der Waals surface area contributed by atoms with Crippen molar-refractivity contribution >= 4 is 22.8 Å². The fourth-order valence-corrected chi connectivity index (χ4v) is 2.75. The van der Waals surface area contributed by atoms with E-state index in [2.05, 4.69) is 38.6 Å². The zero-order valence-corrected chi connectivity index (χ0v) is 12.0. The summed E-state index contributed by atoms with van der Waals surface area (Å²) in [5.74, 6) is 0. The van der Waals surface area contributed by atoms with Gasteiger partial charge in [-0.3, -0.25) is 15.1 Å². The summed E-state index contributed by atoms with van der Waals surface area (Å²) in [4.78, 5) is 8.91. The molecule has 0 fully saturated rings. The van der Waals surface area contributed by atoms with Crippen LogP contribution < -0.4 is 0 Å². The summed E-state index contributed by atoms with van der Waals surface area (Å²) in [6.45, 7) is 0.879. The molecule has 4 rings (SSSR count). The third-order valence-corrected chi connectivity index (χ3v) is 3.80. The van der Waals surface area contributed by atoms with Gasteiger partial charge in [-0.2, -0.15) is 0 Å². The molecule has 0 unspecified atom stereocenters. The Balaban J connectivity index is 1.75. The molecular formula is C17H15N5. The summed E-state index contributed by atoms with van der Waals surface area (Å²) in [6, 6.07) is 10.1. The summed E-state index contributed by atoms with van der Waals surface area (Å²) < 4.78 is 0. The number of aromatic nitrogens is 4. The van der Waals surface area contributed by atoms with Crippen LogP contribution in [0.25, 0.3) is 17.1 Å². The molecule has 0 radical (unpaired) electrons. The molecule has 1 N–H and O–H groups in total. The Morgan fingerprint density at radius 2 is 2.18 bits per heavy atom. The summed E-state index contributed by atoms with van der Waals surface area (Å²) in [7, 11) is 0. The van der Waals surface area contributed by atoms with Crippen molar-refractivity contribution in [2.24, 2.45) is 4.99 Å². The first kappa shape index (κ1) is 12.9. The highest BCUT2D eigenvalue weighted by atomic mass is 15.3. The standard InChI is InChI=1S/C17H15N5/c1-4-14(11-18-7-1)17-13(3-2-8-19-17)9-12-5-6-15-16(10-12)21-22-20-15/h1,4-7,9-11H,2-3,8H2,(H,20,21,22). The average Bonchev–Trinajstić information content (AvgIpc) is 3.04. The molecule has 3 heterocycles. The number of aromatic amines is 1. The van der Waals surface area contributed by atoms with Gasteiger partial charge in [0.2, 0.25) is 0 Å². The second-order valence-corrected chi connectivity index (χ2v) is 5.33. The predicted octanol–water partition coefficient (Wildman–Crippen LogP) is 3.02. The van der Waals surface area contributed by atoms with Crippen LogP contribution in [0, 0.1) is 0 Å². The number of nitrogens with zero attached hydrogens (tertiary/aromatic N) is 4. The maximum atomic E-state index is 4.70. The Kier molecular flexibility index (Phi) is 3.23. The molecule has 1 aliphatic rings. The van der Waals surface area contributed by atoms with Crippen molar-refractivity contribution in [3.8, 4) is 0 Å². The molecule has 5 nitrogen and oxygen atoms in total. The molecule has 2 aromatic heterocycles. The smallest absolute Gasteiger partial charge is 0.113 e. The van der Waals surface area contributed by atoms with E-state index in [-0.39, 0.29) is 0 Å². The van der Waals surface area contributed by atoms with Gasteiger partial charge in [0.05, 0.1) is 11.2 Å². The van der Waals surface area contributed by atoms with Gasteiger partial charge in [-0.15, -0.1) is 5.10 Å². The van der Waals surface area contributed by atoms with Crippen LogP contribution in [0.3, 0.4) is 0 Å². The number of hydrogen-bond acceptors (Lipinski definition) is 4. The van der Waals surface area contributed by atoms with Gasteiger partial charge in [0.15, 0.2) is 0 Å². The van der Waals surface area contributed by atoms with E-state index in [0.29, 0.717) is 0 Å². The van der Waals surface area contributed by atoms with E-state index in [0.717, 1.165) is 47.3 Å². The number of H-pyrrole nitrogens is 1. The van der Waals surface area contributed by atoms with Crippen molar-refractivity contribution in [3.63, 3.8) is 0 Å². The largest absolute Gasteiger partial charge is 0.284 e. The number of pyridine rings is 1. The number of rotatable bonds is 2. The topological polar surface area (TPSA) is 66.8 Å². The van der Waals surface area contributed by atoms with Crippen LogP contribution in [0.2, 0.25) is 0 Å². The third-order valence-electron chi connectivity index (χ3n) is 3.80. The van der Waals surface area contributed by atoms with Crippen molar-refractivity contribution in [1.29, 1.82) is 0 Å². The van der Waals surface area contributed by atoms with Crippen molar-refractivity contribution < 1.29 is 0 Å². The molecule has 108 valence electrons. The first-order chi connectivity index (χ1) is 10.9. The van der Waals surface area contributed by atoms with Crippen LogP contribution in [0.4, 0.5) is 0 Å². The Bertz CT molecular complexity index is 861. The molecule has 0 saturated carbocycles. The summed E-state index contributed by atoms with van der Waals surface area (Å²) in [5.41, 5.74) is 6.34. The number of nitrogens with one attached hydrogen (secondary N) is 1. The van der Waals surface area contributed by atoms with E-state index in [4.69, 9.17) is 4.99 Å². The van der Waals surface area contributed by atoms with E-state index < -0.39 is 0 Å². The highest BCUT2D eigenvalue weighted by Gasteiger charge is 2.14. The lowest BCUT2D eigenvalue weighted by Gasteiger charge is -2.16. The number of aliphatic imine (C=N–C) groups is 1. The van der Waals surface area contributed by atoms with Gasteiger partial charge in [-0.05, 0) is 54.3 Å². The first-order valence-electron chi connectivity index (χ1n) is 7.37. The number of allylic oxidation sites excluding steroid dienone is 1. The summed E-state index contributed by atoms with van der Waals surface area (Å²) >= 11 is 0. The summed E-state index contributed by atoms with van der Waals surface area (Å²) in [5, 5.41) is 10.8. The van der Waals surface area contributed by atoms with Crippen LogP contribution in [-0.2, 0) is 0 Å². The Labute approximate surface area is 127 Å². The Morgan fingerprint density at radius 3 is 3.09 bits per heavy atom. The monoisotopic (exact) mass is 289 g/mol. The fraction of sp³-hybridized carbons (Fsp3) is 0.176. The van der Waals surface area contributed by atoms with Crippen LogP contribution in [-0.4, -0.2) is 32.7 Å². The van der Waals surface area contributed by atoms with Gasteiger partial charge in [0.25, 0.3) is 0 Å². The first-order valence-corrected chi connectivity index (χ1v) is 7.37. The van der Waals surface area contributed by atoms with Gasteiger partial charge in [-0.25, -0.2) is 0 Å². The molecule has 5 heteroatoms. The Hall–Kier alpha value is -2.82. The minimum absolute atomic E-state index is 0.879. The van der Waals surface area contributed by atoms with Crippen LogP contribution in [0.15, 0.2) is 53.3 Å². The molecule has 22 heavy (non-hydrogen) atoms. The van der Waals surface area contributed by atoms with Crippen molar-refractivity contribution in [2.45, 2.75) is 12.8 Å². The van der Waals surface area contributed by atoms with E-state index in [1.165, 1.54) is 5.57 Å². The van der Waals surface area contributed by atoms with E-state index in [1.54, 1.807) is 6.20 Å². The van der Waals surface area contributed by atoms with Crippen molar-refractivity contribution in [2.75, 3.05) is 6.54 Å². The molecule has 0 amide bonds. The Morgan fingerprint density at radius 1 is 1.18 bits per heavy atom. The van der Waals surface area contributed by atoms with Crippen LogP contribution >= 0.6 is 0 Å². The van der Waals surface area contributed by atoms with Crippen LogP contribution in [0.5, 0.6) is 0 Å². The molecule has 1 aromatic carbocycles. The predicted molar refractivity (Wildman–Crippen MR) is 86.7 cm³/mol. The molecule has 3 aromatic rings. The third kappa shape index (κ3) is 2.41. The van der Waals surface area contributed by atoms with E-state index >= 15 is 0 Å². The van der Waals surface area contributed by atoms with Gasteiger partial charge in [0, 0.05) is 24.5 Å². The van der Waals surface area contributed by atoms with Gasteiger partial charge in [-0.1, -0.05) is 11.3 Å². The number of fused-ring (bicyclic) bond motifs is 1. The second-order valence-electron chi connectivity index (χ2n) is 5.33. The summed E-state index contributed by atoms with van der Waals surface area (Å²) in [6.07, 6.45) is 7.97. The van der Waals surface area contributed by atoms with Gasteiger partial charge in [0.1, 0.15) is 5.52 Å². The highest BCUT2D eigenvalue weighted by Crippen LogP contribution is 2.22. The molecule has 0 aliphatic carbocycles. The van der Waals surface area contributed by atoms with E-state index in [9.17, 15) is 0 Å². The minimum atomic E-state index is 0.879. The van der Waals surface area contributed by atoms with Crippen molar-refractivity contribution in [1.82, 2.24) is 20.4 Å². The average molecular weight is 289 g/mol. The maximum Gasteiger partial charge on any atom is 0.113 e. The number of benzene rings is 1. The maximum absolute atomic E-state index is 4.70. The SMILES string of the molecule is C(=C1CCCN=C1c1cccnc1)c1ccc2[nH]nnc2c1.